The average Bonchev–Trinajstić information content (AvgIpc) is 3.22. The molecule has 2 aliphatic rings. The highest BCUT2D eigenvalue weighted by molar-refractivity contribution is 5.94. The molecule has 3 heterocycles. The lowest BCUT2D eigenvalue weighted by Crippen LogP contribution is -2.43. The third-order valence-corrected chi connectivity index (χ3v) is 6.28. The Morgan fingerprint density at radius 2 is 2.00 bits per heavy atom. The Morgan fingerprint density at radius 3 is 2.72 bits per heavy atom. The first-order chi connectivity index (χ1) is 14.1. The smallest absolute Gasteiger partial charge is 0.253 e. The Bertz CT molecular complexity index is 834. The monoisotopic (exact) mass is 396 g/mol. The molecule has 1 aromatic carbocycles. The number of H-pyrrole nitrogens is 1. The highest BCUT2D eigenvalue weighted by Crippen LogP contribution is 2.33. The number of aromatic nitrogens is 2. The number of aromatic amines is 1. The molecule has 2 aliphatic heterocycles. The van der Waals surface area contributed by atoms with Crippen LogP contribution >= 0.6 is 0 Å². The van der Waals surface area contributed by atoms with Crippen molar-refractivity contribution in [1.82, 2.24) is 19.8 Å². The maximum atomic E-state index is 12.9. The number of benzene rings is 1. The normalized spacial score (nSPS) is 22.2. The van der Waals surface area contributed by atoms with Crippen molar-refractivity contribution >= 4 is 11.8 Å². The quantitative estimate of drug-likeness (QED) is 0.842. The van der Waals surface area contributed by atoms with E-state index in [0.29, 0.717) is 30.4 Å². The highest BCUT2D eigenvalue weighted by Gasteiger charge is 2.36. The van der Waals surface area contributed by atoms with Crippen molar-refractivity contribution in [3.05, 3.63) is 48.0 Å². The number of imidazole rings is 1. The van der Waals surface area contributed by atoms with E-state index in [9.17, 15) is 9.59 Å². The number of amides is 2. The zero-order valence-corrected chi connectivity index (χ0v) is 16.8. The fourth-order valence-electron chi connectivity index (χ4n) is 4.49. The van der Waals surface area contributed by atoms with E-state index in [2.05, 4.69) is 9.97 Å². The molecule has 0 bridgehead atoms. The minimum Gasteiger partial charge on any atom is -0.497 e. The van der Waals surface area contributed by atoms with Crippen LogP contribution in [-0.4, -0.2) is 64.9 Å². The minimum atomic E-state index is 0.0674. The van der Waals surface area contributed by atoms with Gasteiger partial charge in [-0.3, -0.25) is 9.59 Å². The van der Waals surface area contributed by atoms with Gasteiger partial charge in [-0.05, 0) is 48.9 Å². The summed E-state index contributed by atoms with van der Waals surface area (Å²) in [7, 11) is 1.62. The Morgan fingerprint density at radius 1 is 1.21 bits per heavy atom. The number of hydrogen-bond donors (Lipinski definition) is 1. The average molecular weight is 396 g/mol. The molecule has 7 heteroatoms. The second kappa shape index (κ2) is 8.68. The first kappa shape index (κ1) is 19.5. The topological polar surface area (TPSA) is 78.5 Å². The molecule has 154 valence electrons. The van der Waals surface area contributed by atoms with E-state index in [0.717, 1.165) is 50.3 Å². The Balaban J connectivity index is 1.36. The molecular weight excluding hydrogens is 368 g/mol. The van der Waals surface area contributed by atoms with E-state index in [1.165, 1.54) is 0 Å². The summed E-state index contributed by atoms with van der Waals surface area (Å²) in [6.45, 7) is 2.93. The highest BCUT2D eigenvalue weighted by atomic mass is 16.5. The predicted molar refractivity (Wildman–Crippen MR) is 109 cm³/mol. The molecule has 2 fully saturated rings. The summed E-state index contributed by atoms with van der Waals surface area (Å²) in [4.78, 5) is 36.7. The van der Waals surface area contributed by atoms with Gasteiger partial charge >= 0.3 is 0 Å². The van der Waals surface area contributed by atoms with Crippen LogP contribution < -0.4 is 4.74 Å². The van der Waals surface area contributed by atoms with Crippen LogP contribution in [-0.2, 0) is 11.2 Å². The standard InChI is InChI=1S/C22H28N4O3/c1-29-20-4-2-16(3-5-20)22(28)26-10-6-17-12-21(27)25(9-7-18(17)14-26)11-8-19-13-23-15-24-19/h2-5,13,15,17-18H,6-12,14H2,1H3,(H,23,24)/t17-,18-/m0/s1. The van der Waals surface area contributed by atoms with Crippen LogP contribution in [0, 0.1) is 11.8 Å². The fourth-order valence-corrected chi connectivity index (χ4v) is 4.49. The number of carbonyl (C=O) groups is 2. The van der Waals surface area contributed by atoms with Crippen LogP contribution in [0.25, 0.3) is 0 Å². The molecule has 4 rings (SSSR count). The zero-order valence-electron chi connectivity index (χ0n) is 16.8. The molecule has 2 aromatic rings. The molecule has 29 heavy (non-hydrogen) atoms. The number of likely N-dealkylation sites (tertiary alicyclic amines) is 2. The number of piperidine rings is 1. The van der Waals surface area contributed by atoms with Gasteiger partial charge in [0, 0.05) is 56.5 Å². The lowest BCUT2D eigenvalue weighted by molar-refractivity contribution is -0.131. The van der Waals surface area contributed by atoms with Crippen LogP contribution in [0.3, 0.4) is 0 Å². The molecule has 1 aromatic heterocycles. The van der Waals surface area contributed by atoms with Gasteiger partial charge in [0.15, 0.2) is 0 Å². The van der Waals surface area contributed by atoms with E-state index in [1.54, 1.807) is 13.4 Å². The molecule has 0 radical (unpaired) electrons. The number of ether oxygens (including phenoxy) is 1. The van der Waals surface area contributed by atoms with Gasteiger partial charge in [0.25, 0.3) is 5.91 Å². The largest absolute Gasteiger partial charge is 0.497 e. The third kappa shape index (κ3) is 4.44. The van der Waals surface area contributed by atoms with E-state index in [4.69, 9.17) is 4.74 Å². The summed E-state index contributed by atoms with van der Waals surface area (Å²) in [6, 6.07) is 7.28. The summed E-state index contributed by atoms with van der Waals surface area (Å²) >= 11 is 0. The number of hydrogen-bond acceptors (Lipinski definition) is 4. The second-order valence-corrected chi connectivity index (χ2v) is 7.99. The van der Waals surface area contributed by atoms with Crippen LogP contribution in [0.4, 0.5) is 0 Å². The molecule has 0 aliphatic carbocycles. The lowest BCUT2D eigenvalue weighted by Gasteiger charge is -2.37. The maximum absolute atomic E-state index is 12.9. The summed E-state index contributed by atoms with van der Waals surface area (Å²) < 4.78 is 5.18. The summed E-state index contributed by atoms with van der Waals surface area (Å²) in [5, 5.41) is 0. The van der Waals surface area contributed by atoms with Crippen molar-refractivity contribution in [2.45, 2.75) is 25.7 Å². The molecule has 1 N–H and O–H groups in total. The van der Waals surface area contributed by atoms with E-state index in [-0.39, 0.29) is 11.8 Å². The summed E-state index contributed by atoms with van der Waals surface area (Å²) in [5.41, 5.74) is 1.74. The molecule has 2 saturated heterocycles. The molecule has 2 amide bonds. The Labute approximate surface area is 171 Å². The number of rotatable bonds is 5. The van der Waals surface area contributed by atoms with Gasteiger partial charge < -0.3 is 19.5 Å². The zero-order chi connectivity index (χ0) is 20.2. The molecular formula is C22H28N4O3. The van der Waals surface area contributed by atoms with Gasteiger partial charge in [0.2, 0.25) is 5.91 Å². The summed E-state index contributed by atoms with van der Waals surface area (Å²) in [5.74, 6) is 1.81. The molecule has 0 spiro atoms. The Hall–Kier alpha value is -2.83. The molecule has 2 atom stereocenters. The van der Waals surface area contributed by atoms with Crippen molar-refractivity contribution in [3.8, 4) is 5.75 Å². The number of carbonyl (C=O) groups excluding carboxylic acids is 2. The number of nitrogens with zero attached hydrogens (tertiary/aromatic N) is 3. The van der Waals surface area contributed by atoms with Gasteiger partial charge in [0.1, 0.15) is 5.75 Å². The Kier molecular flexibility index (Phi) is 5.83. The van der Waals surface area contributed by atoms with Crippen LogP contribution in [0.1, 0.15) is 35.3 Å². The lowest BCUT2D eigenvalue weighted by atomic mass is 9.82. The maximum Gasteiger partial charge on any atom is 0.253 e. The molecule has 0 unspecified atom stereocenters. The van der Waals surface area contributed by atoms with Crippen LogP contribution in [0.2, 0.25) is 0 Å². The van der Waals surface area contributed by atoms with Crippen LogP contribution in [0.15, 0.2) is 36.8 Å². The van der Waals surface area contributed by atoms with Crippen molar-refractivity contribution < 1.29 is 14.3 Å². The molecule has 7 nitrogen and oxygen atoms in total. The van der Waals surface area contributed by atoms with Gasteiger partial charge in [-0.15, -0.1) is 0 Å². The minimum absolute atomic E-state index is 0.0674. The number of fused-ring (bicyclic) bond motifs is 1. The molecule has 0 saturated carbocycles. The fraction of sp³-hybridized carbons (Fsp3) is 0.500. The number of nitrogens with one attached hydrogen (secondary N) is 1. The second-order valence-electron chi connectivity index (χ2n) is 7.99. The SMILES string of the molecule is COc1ccc(C(=O)N2CC[C@H]3CC(=O)N(CCc4cnc[nH]4)CC[C@H]3C2)cc1. The van der Waals surface area contributed by atoms with Crippen molar-refractivity contribution in [1.29, 1.82) is 0 Å². The first-order valence-electron chi connectivity index (χ1n) is 10.3. The third-order valence-electron chi connectivity index (χ3n) is 6.28. The van der Waals surface area contributed by atoms with E-state index >= 15 is 0 Å². The van der Waals surface area contributed by atoms with Gasteiger partial charge in [-0.25, -0.2) is 4.98 Å². The van der Waals surface area contributed by atoms with Gasteiger partial charge in [-0.1, -0.05) is 0 Å². The summed E-state index contributed by atoms with van der Waals surface area (Å²) in [6.07, 6.45) is 6.72. The van der Waals surface area contributed by atoms with Crippen molar-refractivity contribution in [2.24, 2.45) is 11.8 Å². The van der Waals surface area contributed by atoms with Crippen LogP contribution in [0.5, 0.6) is 5.75 Å². The van der Waals surface area contributed by atoms with Gasteiger partial charge in [0.05, 0.1) is 13.4 Å². The predicted octanol–water partition coefficient (Wildman–Crippen LogP) is 2.36. The van der Waals surface area contributed by atoms with Crippen molar-refractivity contribution in [2.75, 3.05) is 33.3 Å². The van der Waals surface area contributed by atoms with Gasteiger partial charge in [-0.2, -0.15) is 0 Å². The number of methoxy groups -OCH3 is 1. The van der Waals surface area contributed by atoms with Crippen molar-refractivity contribution in [3.63, 3.8) is 0 Å². The van der Waals surface area contributed by atoms with E-state index in [1.807, 2.05) is 40.3 Å². The van der Waals surface area contributed by atoms with E-state index < -0.39 is 0 Å². The first-order valence-corrected chi connectivity index (χ1v) is 10.3.